The molecule has 104 valence electrons. The molecule has 0 aliphatic carbocycles. The van der Waals surface area contributed by atoms with E-state index >= 15 is 0 Å². The van der Waals surface area contributed by atoms with Crippen molar-refractivity contribution in [1.29, 1.82) is 0 Å². The Morgan fingerprint density at radius 2 is 1.80 bits per heavy atom. The molecule has 3 rings (SSSR count). The average Bonchev–Trinajstić information content (AvgIpc) is 2.93. The van der Waals surface area contributed by atoms with Crippen LogP contribution in [0.25, 0.3) is 0 Å². The first-order valence-corrected chi connectivity index (χ1v) is 7.32. The van der Waals surface area contributed by atoms with Crippen LogP contribution in [0.2, 0.25) is 0 Å². The Morgan fingerprint density at radius 3 is 2.40 bits per heavy atom. The second-order valence-electron chi connectivity index (χ2n) is 5.58. The molecule has 0 bridgehead atoms. The summed E-state index contributed by atoms with van der Waals surface area (Å²) >= 11 is 0. The van der Waals surface area contributed by atoms with Gasteiger partial charge in [-0.1, -0.05) is 30.3 Å². The zero-order valence-corrected chi connectivity index (χ0v) is 12.2. The molecule has 1 atom stereocenters. The molecular formula is C17H21N3. The van der Waals surface area contributed by atoms with E-state index in [0.717, 1.165) is 36.7 Å². The fourth-order valence-corrected chi connectivity index (χ4v) is 3.14. The van der Waals surface area contributed by atoms with Crippen molar-refractivity contribution < 1.29 is 0 Å². The van der Waals surface area contributed by atoms with E-state index in [2.05, 4.69) is 43.4 Å². The number of benzene rings is 1. The van der Waals surface area contributed by atoms with Crippen LogP contribution in [0.4, 0.5) is 0 Å². The van der Waals surface area contributed by atoms with E-state index in [1.54, 1.807) is 0 Å². The van der Waals surface area contributed by atoms with Gasteiger partial charge in [-0.2, -0.15) is 0 Å². The van der Waals surface area contributed by atoms with Crippen molar-refractivity contribution >= 4 is 0 Å². The summed E-state index contributed by atoms with van der Waals surface area (Å²) in [6.07, 6.45) is 2.01. The minimum atomic E-state index is 0.584. The van der Waals surface area contributed by atoms with Crippen LogP contribution in [-0.2, 0) is 6.42 Å². The van der Waals surface area contributed by atoms with Gasteiger partial charge in [-0.15, -0.1) is 0 Å². The quantitative estimate of drug-likeness (QED) is 0.929. The van der Waals surface area contributed by atoms with Crippen molar-refractivity contribution in [3.63, 3.8) is 0 Å². The molecule has 2 aromatic rings. The number of hydrogen-bond donors (Lipinski definition) is 1. The fraction of sp³-hybridized carbons (Fsp3) is 0.412. The lowest BCUT2D eigenvalue weighted by molar-refractivity contribution is 0.724. The summed E-state index contributed by atoms with van der Waals surface area (Å²) in [5.41, 5.74) is 4.92. The third kappa shape index (κ3) is 2.73. The van der Waals surface area contributed by atoms with Crippen LogP contribution < -0.4 is 5.32 Å². The molecule has 3 heteroatoms. The van der Waals surface area contributed by atoms with Gasteiger partial charge in [0.2, 0.25) is 0 Å². The first-order chi connectivity index (χ1) is 9.74. The predicted octanol–water partition coefficient (Wildman–Crippen LogP) is 2.76. The molecule has 1 N–H and O–H groups in total. The lowest BCUT2D eigenvalue weighted by atomic mass is 9.95. The average molecular weight is 267 g/mol. The van der Waals surface area contributed by atoms with E-state index in [1.165, 1.54) is 17.5 Å². The van der Waals surface area contributed by atoms with Crippen molar-refractivity contribution in [2.45, 2.75) is 32.6 Å². The summed E-state index contributed by atoms with van der Waals surface area (Å²) in [5, 5.41) is 3.42. The van der Waals surface area contributed by atoms with Crippen molar-refractivity contribution in [2.24, 2.45) is 0 Å². The Labute approximate surface area is 120 Å². The van der Waals surface area contributed by atoms with Gasteiger partial charge in [0.1, 0.15) is 5.82 Å². The minimum Gasteiger partial charge on any atom is -0.316 e. The molecule has 3 nitrogen and oxygen atoms in total. The van der Waals surface area contributed by atoms with Crippen molar-refractivity contribution in [3.05, 3.63) is 58.7 Å². The summed E-state index contributed by atoms with van der Waals surface area (Å²) in [4.78, 5) is 9.47. The molecule has 1 aromatic heterocycles. The highest BCUT2D eigenvalue weighted by atomic mass is 14.9. The molecule has 0 spiro atoms. The van der Waals surface area contributed by atoms with Crippen LogP contribution in [0.5, 0.6) is 0 Å². The number of nitrogens with one attached hydrogen (secondary N) is 1. The molecule has 20 heavy (non-hydrogen) atoms. The van der Waals surface area contributed by atoms with Crippen LogP contribution in [0.1, 0.15) is 40.7 Å². The molecular weight excluding hydrogens is 246 g/mol. The Hall–Kier alpha value is -1.74. The number of nitrogens with zero attached hydrogens (tertiary/aromatic N) is 2. The predicted molar refractivity (Wildman–Crippen MR) is 81.0 cm³/mol. The highest BCUT2D eigenvalue weighted by Gasteiger charge is 2.22. The smallest absolute Gasteiger partial charge is 0.133 e. The van der Waals surface area contributed by atoms with Crippen LogP contribution in [-0.4, -0.2) is 23.1 Å². The van der Waals surface area contributed by atoms with Gasteiger partial charge in [0.25, 0.3) is 0 Å². The van der Waals surface area contributed by atoms with Gasteiger partial charge in [-0.05, 0) is 37.9 Å². The van der Waals surface area contributed by atoms with E-state index in [0.29, 0.717) is 5.92 Å². The van der Waals surface area contributed by atoms with Gasteiger partial charge in [0.05, 0.1) is 0 Å². The summed E-state index contributed by atoms with van der Waals surface area (Å²) in [6, 6.07) is 10.4. The molecule has 0 saturated carbocycles. The standard InChI is InChI=1S/C17H21N3/c1-12-17(15-8-9-18-11-15)13(2)20-16(19-12)10-14-6-4-3-5-7-14/h3-7,15,18H,8-11H2,1-2H3. The maximum atomic E-state index is 4.73. The van der Waals surface area contributed by atoms with Gasteiger partial charge in [0.15, 0.2) is 0 Å². The number of hydrogen-bond acceptors (Lipinski definition) is 3. The highest BCUT2D eigenvalue weighted by Crippen LogP contribution is 2.27. The topological polar surface area (TPSA) is 37.8 Å². The summed E-state index contributed by atoms with van der Waals surface area (Å²) in [6.45, 7) is 6.41. The zero-order chi connectivity index (χ0) is 13.9. The first-order valence-electron chi connectivity index (χ1n) is 7.32. The summed E-state index contributed by atoms with van der Waals surface area (Å²) in [7, 11) is 0. The second kappa shape index (κ2) is 5.71. The van der Waals surface area contributed by atoms with Gasteiger partial charge in [-0.3, -0.25) is 0 Å². The summed E-state index contributed by atoms with van der Waals surface area (Å²) in [5.74, 6) is 1.52. The molecule has 0 radical (unpaired) electrons. The van der Waals surface area contributed by atoms with Crippen molar-refractivity contribution in [3.8, 4) is 0 Å². The lowest BCUT2D eigenvalue weighted by Crippen LogP contribution is -2.13. The van der Waals surface area contributed by atoms with E-state index < -0.39 is 0 Å². The molecule has 1 saturated heterocycles. The Kier molecular flexibility index (Phi) is 3.79. The number of rotatable bonds is 3. The van der Waals surface area contributed by atoms with Crippen LogP contribution in [0.3, 0.4) is 0 Å². The van der Waals surface area contributed by atoms with E-state index in [9.17, 15) is 0 Å². The maximum Gasteiger partial charge on any atom is 0.133 e. The summed E-state index contributed by atoms with van der Waals surface area (Å²) < 4.78 is 0. The van der Waals surface area contributed by atoms with Gasteiger partial charge in [-0.25, -0.2) is 9.97 Å². The third-order valence-corrected chi connectivity index (χ3v) is 4.05. The highest BCUT2D eigenvalue weighted by molar-refractivity contribution is 5.31. The van der Waals surface area contributed by atoms with E-state index in [1.807, 2.05) is 6.07 Å². The van der Waals surface area contributed by atoms with Crippen LogP contribution in [0.15, 0.2) is 30.3 Å². The molecule has 1 aliphatic rings. The maximum absolute atomic E-state index is 4.73. The third-order valence-electron chi connectivity index (χ3n) is 4.05. The zero-order valence-electron chi connectivity index (χ0n) is 12.2. The monoisotopic (exact) mass is 267 g/mol. The Bertz CT molecular complexity index is 563. The van der Waals surface area contributed by atoms with E-state index in [-0.39, 0.29) is 0 Å². The van der Waals surface area contributed by atoms with Crippen molar-refractivity contribution in [2.75, 3.05) is 13.1 Å². The largest absolute Gasteiger partial charge is 0.316 e. The molecule has 1 unspecified atom stereocenters. The first kappa shape index (κ1) is 13.3. The molecule has 1 aliphatic heterocycles. The van der Waals surface area contributed by atoms with E-state index in [4.69, 9.17) is 9.97 Å². The molecule has 1 aromatic carbocycles. The van der Waals surface area contributed by atoms with Crippen molar-refractivity contribution in [1.82, 2.24) is 15.3 Å². The molecule has 2 heterocycles. The minimum absolute atomic E-state index is 0.584. The van der Waals surface area contributed by atoms with Gasteiger partial charge in [0, 0.05) is 30.3 Å². The lowest BCUT2D eigenvalue weighted by Gasteiger charge is -2.15. The van der Waals surface area contributed by atoms with Crippen LogP contribution in [0, 0.1) is 13.8 Å². The molecule has 1 fully saturated rings. The normalized spacial score (nSPS) is 18.4. The van der Waals surface area contributed by atoms with Gasteiger partial charge < -0.3 is 5.32 Å². The number of aryl methyl sites for hydroxylation is 2. The van der Waals surface area contributed by atoms with Crippen LogP contribution >= 0.6 is 0 Å². The fourth-order valence-electron chi connectivity index (χ4n) is 3.14. The SMILES string of the molecule is Cc1nc(Cc2ccccc2)nc(C)c1C1CCNC1. The molecule has 0 amide bonds. The second-order valence-corrected chi connectivity index (χ2v) is 5.58. The Balaban J connectivity index is 1.87. The Morgan fingerprint density at radius 1 is 1.10 bits per heavy atom. The van der Waals surface area contributed by atoms with Gasteiger partial charge >= 0.3 is 0 Å². The number of aromatic nitrogens is 2.